The van der Waals surface area contributed by atoms with Gasteiger partial charge in [0.2, 0.25) is 20.0 Å². The molecule has 10 N–H and O–H groups in total. The van der Waals surface area contributed by atoms with E-state index < -0.39 is 29.5 Å². The van der Waals surface area contributed by atoms with E-state index in [9.17, 15) is 16.8 Å². The van der Waals surface area contributed by atoms with Crippen LogP contribution in [-0.2, 0) is 55.2 Å². The second-order valence-electron chi connectivity index (χ2n) is 13.8. The number of sulfonamides is 2. The van der Waals surface area contributed by atoms with Gasteiger partial charge in [-0.1, -0.05) is 100 Å². The lowest BCUT2D eigenvalue weighted by atomic mass is 9.71. The molecule has 0 aliphatic heterocycles. The zero-order valence-electron chi connectivity index (χ0n) is 30.8. The molecular weight excluding hydrogens is 721 g/mol. The van der Waals surface area contributed by atoms with E-state index in [0.29, 0.717) is 59.1 Å². The summed E-state index contributed by atoms with van der Waals surface area (Å²) in [6.07, 6.45) is 1.43. The molecule has 0 saturated carbocycles. The van der Waals surface area contributed by atoms with Gasteiger partial charge < -0.3 is 11.7 Å². The van der Waals surface area contributed by atoms with Crippen molar-refractivity contribution in [2.75, 3.05) is 0 Å². The first kappa shape index (κ1) is 38.7. The van der Waals surface area contributed by atoms with Crippen LogP contribution < -0.4 is 22.0 Å². The molecule has 282 valence electrons. The fraction of sp³-hybridized carbons (Fsp3) is 0.300. The number of benzene rings is 4. The SMILES string of the molecule is CCc1cc(-c2cc(CC)c(C3(S(N)(=O)=O)C/C(=N\N)C(=N)c4ccccc43)c(CC)c2)cc(CC)c1C1(S(N)(=O)=O)C/C(=N/N)C(=N)c2ccccc21. The highest BCUT2D eigenvalue weighted by Gasteiger charge is 2.54. The normalized spacial score (nSPS) is 21.7. The lowest BCUT2D eigenvalue weighted by Crippen LogP contribution is -2.50. The smallest absolute Gasteiger partial charge is 0.223 e. The Morgan fingerprint density at radius 3 is 1.13 bits per heavy atom. The molecule has 2 unspecified atom stereocenters. The highest BCUT2D eigenvalue weighted by atomic mass is 32.2. The molecule has 0 saturated heterocycles. The maximum atomic E-state index is 14.1. The van der Waals surface area contributed by atoms with Gasteiger partial charge in [-0.05, 0) is 81.3 Å². The maximum Gasteiger partial charge on any atom is 0.223 e. The van der Waals surface area contributed by atoms with Crippen LogP contribution in [0.2, 0.25) is 0 Å². The molecule has 0 radical (unpaired) electrons. The van der Waals surface area contributed by atoms with Crippen molar-refractivity contribution < 1.29 is 16.8 Å². The Balaban J connectivity index is 1.66. The maximum absolute atomic E-state index is 14.1. The van der Waals surface area contributed by atoms with E-state index in [1.54, 1.807) is 48.5 Å². The van der Waals surface area contributed by atoms with Gasteiger partial charge in [-0.15, -0.1) is 0 Å². The predicted molar refractivity (Wildman–Crippen MR) is 216 cm³/mol. The Morgan fingerprint density at radius 2 is 0.870 bits per heavy atom. The minimum atomic E-state index is -4.39. The second kappa shape index (κ2) is 14.0. The Hall–Kier alpha value is -5.02. The summed E-state index contributed by atoms with van der Waals surface area (Å²) in [5.74, 6) is 11.6. The third-order valence-electron chi connectivity index (χ3n) is 11.2. The van der Waals surface area contributed by atoms with Crippen LogP contribution in [0.5, 0.6) is 0 Å². The lowest BCUT2D eigenvalue weighted by molar-refractivity contribution is 0.553. The molecule has 14 heteroatoms. The van der Waals surface area contributed by atoms with Gasteiger partial charge in [-0.25, -0.2) is 27.1 Å². The Kier molecular flexibility index (Phi) is 10.0. The summed E-state index contributed by atoms with van der Waals surface area (Å²) in [6, 6.07) is 21.7. The van der Waals surface area contributed by atoms with Gasteiger partial charge in [0.05, 0.1) is 22.8 Å². The zero-order chi connectivity index (χ0) is 39.4. The number of rotatable bonds is 9. The van der Waals surface area contributed by atoms with Crippen LogP contribution in [0, 0.1) is 10.8 Å². The summed E-state index contributed by atoms with van der Waals surface area (Å²) in [5.41, 5.74) is 7.73. The lowest BCUT2D eigenvalue weighted by Gasteiger charge is -2.41. The topological polar surface area (TPSA) is 245 Å². The number of hydrogen-bond acceptors (Lipinski definition) is 10. The molecule has 2 atom stereocenters. The molecule has 0 heterocycles. The summed E-state index contributed by atoms with van der Waals surface area (Å²) < 4.78 is 52.8. The largest absolute Gasteiger partial charge is 0.323 e. The molecule has 0 fully saturated rings. The summed E-state index contributed by atoms with van der Waals surface area (Å²) in [4.78, 5) is 0. The minimum Gasteiger partial charge on any atom is -0.323 e. The van der Waals surface area contributed by atoms with E-state index in [1.807, 2.05) is 52.0 Å². The molecule has 12 nitrogen and oxygen atoms in total. The van der Waals surface area contributed by atoms with Crippen molar-refractivity contribution in [1.82, 2.24) is 0 Å². The van der Waals surface area contributed by atoms with Crippen molar-refractivity contribution in [1.29, 1.82) is 10.8 Å². The first-order chi connectivity index (χ1) is 25.6. The second-order valence-corrected chi connectivity index (χ2v) is 17.4. The van der Waals surface area contributed by atoms with Crippen molar-refractivity contribution in [3.63, 3.8) is 0 Å². The quantitative estimate of drug-likeness (QED) is 0.103. The van der Waals surface area contributed by atoms with Gasteiger partial charge in [-0.3, -0.25) is 10.8 Å². The number of hydrogen-bond donors (Lipinski definition) is 6. The summed E-state index contributed by atoms with van der Waals surface area (Å²) in [5, 5.41) is 37.8. The van der Waals surface area contributed by atoms with E-state index >= 15 is 0 Å². The van der Waals surface area contributed by atoms with Crippen LogP contribution in [0.3, 0.4) is 0 Å². The van der Waals surface area contributed by atoms with Gasteiger partial charge >= 0.3 is 0 Å². The molecule has 6 rings (SSSR count). The predicted octanol–water partition coefficient (Wildman–Crippen LogP) is 4.84. The fourth-order valence-corrected chi connectivity index (χ4v) is 11.5. The van der Waals surface area contributed by atoms with Crippen molar-refractivity contribution in [3.8, 4) is 11.1 Å². The Bertz CT molecular complexity index is 2300. The van der Waals surface area contributed by atoms with Gasteiger partial charge in [0.25, 0.3) is 0 Å². The monoisotopic (exact) mass is 766 g/mol. The van der Waals surface area contributed by atoms with Crippen molar-refractivity contribution >= 4 is 42.9 Å². The number of nitrogens with two attached hydrogens (primary N) is 4. The first-order valence-electron chi connectivity index (χ1n) is 17.9. The molecule has 2 aliphatic carbocycles. The summed E-state index contributed by atoms with van der Waals surface area (Å²) in [6.45, 7) is 7.82. The van der Waals surface area contributed by atoms with E-state index in [-0.39, 0.29) is 35.7 Å². The van der Waals surface area contributed by atoms with Crippen LogP contribution in [0.1, 0.15) is 96.2 Å². The Labute approximate surface area is 316 Å². The van der Waals surface area contributed by atoms with Gasteiger partial charge in [0, 0.05) is 24.0 Å². The molecular formula is C40H46N8O4S2. The molecule has 4 aromatic carbocycles. The minimum absolute atomic E-state index is 0.0546. The molecule has 0 amide bonds. The van der Waals surface area contributed by atoms with E-state index in [1.165, 1.54) is 0 Å². The third kappa shape index (κ3) is 5.62. The average Bonchev–Trinajstić information content (AvgIpc) is 3.16. The molecule has 54 heavy (non-hydrogen) atoms. The highest BCUT2D eigenvalue weighted by molar-refractivity contribution is 7.90. The van der Waals surface area contributed by atoms with Crippen LogP contribution >= 0.6 is 0 Å². The first-order valence-corrected chi connectivity index (χ1v) is 21.0. The van der Waals surface area contributed by atoms with E-state index in [2.05, 4.69) is 10.2 Å². The van der Waals surface area contributed by atoms with E-state index in [0.717, 1.165) is 33.4 Å². The molecule has 0 aromatic heterocycles. The van der Waals surface area contributed by atoms with Crippen molar-refractivity contribution in [2.24, 2.45) is 32.2 Å². The Morgan fingerprint density at radius 1 is 0.574 bits per heavy atom. The number of nitrogens with one attached hydrogen (secondary N) is 2. The summed E-state index contributed by atoms with van der Waals surface area (Å²) >= 11 is 0. The standard InChI is InChI=1S/C40H46N8O4S2/c1-5-23-17-27(18-24(6-2)35(23)39(53(45,49)50)21-33(47-43)37(41)29-13-9-11-15-31(29)39)28-19-25(7-3)36(26(8-4)20-28)40(54(46,51)52)22-34(48-44)38(42)30-14-10-12-16-32(30)40/h9-20,41-42H,5-8,21-22,43-44H2,1-4H3,(H2,45,49,50)(H2,46,51,52)/b41-37?,42-38?,47-33-,48-34+. The van der Waals surface area contributed by atoms with Gasteiger partial charge in [0.1, 0.15) is 9.49 Å². The third-order valence-corrected chi connectivity index (χ3v) is 14.3. The number of fused-ring (bicyclic) bond motifs is 2. The van der Waals surface area contributed by atoms with Crippen LogP contribution in [0.4, 0.5) is 0 Å². The van der Waals surface area contributed by atoms with Gasteiger partial charge in [-0.2, -0.15) is 10.2 Å². The molecule has 0 bridgehead atoms. The zero-order valence-corrected chi connectivity index (χ0v) is 32.5. The van der Waals surface area contributed by atoms with Crippen molar-refractivity contribution in [3.05, 3.63) is 128 Å². The number of nitrogens with zero attached hydrogens (tertiary/aromatic N) is 2. The number of hydrazone groups is 2. The number of aryl methyl sites for hydroxylation is 4. The van der Waals surface area contributed by atoms with Crippen LogP contribution in [-0.4, -0.2) is 39.7 Å². The van der Waals surface area contributed by atoms with Crippen LogP contribution in [0.15, 0.2) is 83.0 Å². The van der Waals surface area contributed by atoms with Crippen molar-refractivity contribution in [2.45, 2.75) is 75.7 Å². The van der Waals surface area contributed by atoms with E-state index in [4.69, 9.17) is 32.8 Å². The fourth-order valence-electron chi connectivity index (χ4n) is 8.74. The van der Waals surface area contributed by atoms with Gasteiger partial charge in [0.15, 0.2) is 0 Å². The average molecular weight is 767 g/mol. The highest BCUT2D eigenvalue weighted by Crippen LogP contribution is 2.51. The number of primary sulfonamides is 2. The molecule has 2 aliphatic rings. The molecule has 4 aromatic rings. The molecule has 0 spiro atoms. The summed E-state index contributed by atoms with van der Waals surface area (Å²) in [7, 11) is -8.79. The van der Waals surface area contributed by atoms with Crippen LogP contribution in [0.25, 0.3) is 11.1 Å².